The first kappa shape index (κ1) is 16.1. The first-order valence-electron chi connectivity index (χ1n) is 8.08. The van der Waals surface area contributed by atoms with Gasteiger partial charge < -0.3 is 10.1 Å². The average molecular weight is 320 g/mol. The highest BCUT2D eigenvalue weighted by molar-refractivity contribution is 6.06. The molecule has 4 heteroatoms. The van der Waals surface area contributed by atoms with E-state index in [1.54, 1.807) is 6.20 Å². The number of carbonyl (C=O) groups is 1. The summed E-state index contributed by atoms with van der Waals surface area (Å²) in [5.41, 5.74) is 2.65. The van der Waals surface area contributed by atoms with Crippen molar-refractivity contribution in [2.24, 2.45) is 0 Å². The minimum atomic E-state index is -0.0725. The third-order valence-electron chi connectivity index (χ3n) is 3.75. The van der Waals surface area contributed by atoms with E-state index < -0.39 is 0 Å². The number of pyridine rings is 1. The van der Waals surface area contributed by atoms with Gasteiger partial charge in [-0.1, -0.05) is 42.5 Å². The lowest BCUT2D eigenvalue weighted by molar-refractivity contribution is 0.0936. The van der Waals surface area contributed by atoms with Crippen molar-refractivity contribution < 1.29 is 9.53 Å². The quantitative estimate of drug-likeness (QED) is 0.677. The minimum Gasteiger partial charge on any atom is -0.377 e. The second-order valence-corrected chi connectivity index (χ2v) is 5.52. The number of nitrogens with zero attached hydrogens (tertiary/aromatic N) is 1. The van der Waals surface area contributed by atoms with Crippen LogP contribution < -0.4 is 5.32 Å². The van der Waals surface area contributed by atoms with Gasteiger partial charge in [0.15, 0.2) is 0 Å². The van der Waals surface area contributed by atoms with Crippen LogP contribution in [0, 0.1) is 0 Å². The zero-order chi connectivity index (χ0) is 16.6. The Morgan fingerprint density at radius 2 is 1.88 bits per heavy atom. The van der Waals surface area contributed by atoms with E-state index in [9.17, 15) is 4.79 Å². The van der Waals surface area contributed by atoms with E-state index in [1.807, 2.05) is 60.7 Å². The predicted octanol–water partition coefficient (Wildman–Crippen LogP) is 3.57. The number of benzene rings is 2. The highest BCUT2D eigenvalue weighted by Crippen LogP contribution is 2.16. The first-order valence-corrected chi connectivity index (χ1v) is 8.08. The highest BCUT2D eigenvalue weighted by Gasteiger charge is 2.09. The van der Waals surface area contributed by atoms with Crippen molar-refractivity contribution in [2.75, 3.05) is 13.2 Å². The fraction of sp³-hybridized carbons (Fsp3) is 0.200. The first-order chi connectivity index (χ1) is 11.8. The summed E-state index contributed by atoms with van der Waals surface area (Å²) < 4.78 is 5.62. The monoisotopic (exact) mass is 320 g/mol. The van der Waals surface area contributed by atoms with Crippen molar-refractivity contribution in [3.05, 3.63) is 78.0 Å². The fourth-order valence-corrected chi connectivity index (χ4v) is 2.54. The van der Waals surface area contributed by atoms with Crippen LogP contribution in [0.2, 0.25) is 0 Å². The van der Waals surface area contributed by atoms with Crippen LogP contribution >= 0.6 is 0 Å². The lowest BCUT2D eigenvalue weighted by Gasteiger charge is -2.08. The number of ether oxygens (including phenoxy) is 1. The normalized spacial score (nSPS) is 10.7. The molecular weight excluding hydrogens is 300 g/mol. The number of amides is 1. The summed E-state index contributed by atoms with van der Waals surface area (Å²) in [7, 11) is 0. The van der Waals surface area contributed by atoms with Gasteiger partial charge in [-0.25, -0.2) is 0 Å². The number of fused-ring (bicyclic) bond motifs is 1. The third-order valence-corrected chi connectivity index (χ3v) is 3.75. The summed E-state index contributed by atoms with van der Waals surface area (Å²) in [5.74, 6) is -0.0725. The lowest BCUT2D eigenvalue weighted by Crippen LogP contribution is -2.25. The number of hydrogen-bond acceptors (Lipinski definition) is 3. The van der Waals surface area contributed by atoms with Gasteiger partial charge in [0, 0.05) is 30.3 Å². The molecule has 0 saturated carbocycles. The molecule has 1 amide bonds. The molecule has 0 saturated heterocycles. The van der Waals surface area contributed by atoms with Crippen molar-refractivity contribution in [3.63, 3.8) is 0 Å². The summed E-state index contributed by atoms with van der Waals surface area (Å²) >= 11 is 0. The molecular formula is C20H20N2O2. The van der Waals surface area contributed by atoms with Crippen LogP contribution in [-0.2, 0) is 11.3 Å². The molecule has 24 heavy (non-hydrogen) atoms. The second kappa shape index (κ2) is 8.22. The second-order valence-electron chi connectivity index (χ2n) is 5.52. The Labute approximate surface area is 141 Å². The standard InChI is InChI=1S/C20H20N2O2/c23-20(18-9-4-11-19-17(18)10-5-12-21-19)22-13-6-14-24-15-16-7-2-1-3-8-16/h1-5,7-12H,6,13-15H2,(H,22,23). The molecule has 0 bridgehead atoms. The van der Waals surface area contributed by atoms with Gasteiger partial charge in [-0.3, -0.25) is 9.78 Å². The molecule has 0 atom stereocenters. The van der Waals surface area contributed by atoms with Gasteiger partial charge in [-0.05, 0) is 30.2 Å². The molecule has 0 aliphatic rings. The summed E-state index contributed by atoms with van der Waals surface area (Å²) in [5, 5.41) is 3.82. The molecule has 0 spiro atoms. The maximum absolute atomic E-state index is 12.3. The van der Waals surface area contributed by atoms with Crippen molar-refractivity contribution >= 4 is 16.8 Å². The van der Waals surface area contributed by atoms with E-state index >= 15 is 0 Å². The van der Waals surface area contributed by atoms with Crippen LogP contribution in [0.1, 0.15) is 22.3 Å². The molecule has 0 radical (unpaired) electrons. The smallest absolute Gasteiger partial charge is 0.251 e. The Morgan fingerprint density at radius 1 is 1.00 bits per heavy atom. The van der Waals surface area contributed by atoms with E-state index in [2.05, 4.69) is 10.3 Å². The minimum absolute atomic E-state index is 0.0725. The molecule has 2 aromatic carbocycles. The molecule has 4 nitrogen and oxygen atoms in total. The predicted molar refractivity (Wildman–Crippen MR) is 94.8 cm³/mol. The molecule has 3 rings (SSSR count). The summed E-state index contributed by atoms with van der Waals surface area (Å²) in [6.45, 7) is 1.81. The van der Waals surface area contributed by atoms with E-state index in [4.69, 9.17) is 4.74 Å². The van der Waals surface area contributed by atoms with Crippen LogP contribution in [0.15, 0.2) is 66.9 Å². The highest BCUT2D eigenvalue weighted by atomic mass is 16.5. The average Bonchev–Trinajstić information content (AvgIpc) is 2.64. The molecule has 3 aromatic rings. The van der Waals surface area contributed by atoms with E-state index in [0.717, 1.165) is 22.9 Å². The Hall–Kier alpha value is -2.72. The topological polar surface area (TPSA) is 51.2 Å². The van der Waals surface area contributed by atoms with Gasteiger partial charge in [0.2, 0.25) is 0 Å². The van der Waals surface area contributed by atoms with Crippen LogP contribution in [0.25, 0.3) is 10.9 Å². The Morgan fingerprint density at radius 3 is 2.75 bits per heavy atom. The molecule has 0 unspecified atom stereocenters. The summed E-state index contributed by atoms with van der Waals surface area (Å²) in [6.07, 6.45) is 2.51. The summed E-state index contributed by atoms with van der Waals surface area (Å²) in [4.78, 5) is 16.6. The number of nitrogens with one attached hydrogen (secondary N) is 1. The lowest BCUT2D eigenvalue weighted by atomic mass is 10.1. The number of carbonyl (C=O) groups excluding carboxylic acids is 1. The van der Waals surface area contributed by atoms with Crippen molar-refractivity contribution in [3.8, 4) is 0 Å². The van der Waals surface area contributed by atoms with Crippen LogP contribution in [0.4, 0.5) is 0 Å². The van der Waals surface area contributed by atoms with Crippen molar-refractivity contribution in [1.29, 1.82) is 0 Å². The van der Waals surface area contributed by atoms with Crippen LogP contribution in [-0.4, -0.2) is 24.0 Å². The zero-order valence-corrected chi connectivity index (χ0v) is 13.4. The largest absolute Gasteiger partial charge is 0.377 e. The number of rotatable bonds is 7. The van der Waals surface area contributed by atoms with Gasteiger partial charge in [0.1, 0.15) is 0 Å². The molecule has 0 aliphatic heterocycles. The number of hydrogen-bond donors (Lipinski definition) is 1. The van der Waals surface area contributed by atoms with Gasteiger partial charge in [-0.2, -0.15) is 0 Å². The van der Waals surface area contributed by atoms with Crippen molar-refractivity contribution in [2.45, 2.75) is 13.0 Å². The number of aromatic nitrogens is 1. The third kappa shape index (κ3) is 4.18. The Balaban J connectivity index is 1.44. The van der Waals surface area contributed by atoms with Crippen LogP contribution in [0.5, 0.6) is 0 Å². The van der Waals surface area contributed by atoms with Crippen LogP contribution in [0.3, 0.4) is 0 Å². The molecule has 0 aliphatic carbocycles. The Kier molecular flexibility index (Phi) is 5.53. The maximum Gasteiger partial charge on any atom is 0.251 e. The van der Waals surface area contributed by atoms with E-state index in [0.29, 0.717) is 25.3 Å². The van der Waals surface area contributed by atoms with E-state index in [-0.39, 0.29) is 5.91 Å². The van der Waals surface area contributed by atoms with Crippen molar-refractivity contribution in [1.82, 2.24) is 10.3 Å². The summed E-state index contributed by atoms with van der Waals surface area (Å²) in [6, 6.07) is 19.4. The molecule has 1 N–H and O–H groups in total. The van der Waals surface area contributed by atoms with E-state index in [1.165, 1.54) is 0 Å². The van der Waals surface area contributed by atoms with Gasteiger partial charge in [0.25, 0.3) is 5.91 Å². The van der Waals surface area contributed by atoms with Gasteiger partial charge >= 0.3 is 0 Å². The van der Waals surface area contributed by atoms with Gasteiger partial charge in [0.05, 0.1) is 12.1 Å². The SMILES string of the molecule is O=C(NCCCOCc1ccccc1)c1cccc2ncccc12. The molecule has 1 aromatic heterocycles. The fourth-order valence-electron chi connectivity index (χ4n) is 2.54. The molecule has 1 heterocycles. The maximum atomic E-state index is 12.3. The molecule has 122 valence electrons. The molecule has 0 fully saturated rings. The zero-order valence-electron chi connectivity index (χ0n) is 13.4. The van der Waals surface area contributed by atoms with Gasteiger partial charge in [-0.15, -0.1) is 0 Å². The Bertz CT molecular complexity index is 798.